The lowest BCUT2D eigenvalue weighted by Crippen LogP contribution is -2.07. The molecule has 0 unspecified atom stereocenters. The average Bonchev–Trinajstić information content (AvgIpc) is 2.79. The zero-order valence-electron chi connectivity index (χ0n) is 9.53. The minimum atomic E-state index is -0.264. The molecule has 0 radical (unpaired) electrons. The molecule has 0 spiro atoms. The van der Waals surface area contributed by atoms with Gasteiger partial charge in [-0.1, -0.05) is 12.1 Å². The number of hydrogen-bond acceptors (Lipinski definition) is 3. The summed E-state index contributed by atoms with van der Waals surface area (Å²) in [5, 5.41) is 9.91. The van der Waals surface area contributed by atoms with Crippen molar-refractivity contribution in [3.8, 4) is 11.3 Å². The van der Waals surface area contributed by atoms with Crippen LogP contribution in [0.25, 0.3) is 11.3 Å². The molecule has 0 bridgehead atoms. The first-order chi connectivity index (χ1) is 8.31. The molecule has 1 aromatic carbocycles. The fraction of sp³-hybridized carbons (Fsp3) is 0.250. The van der Waals surface area contributed by atoms with Gasteiger partial charge in [-0.3, -0.25) is 5.10 Å². The zero-order chi connectivity index (χ0) is 12.1. The molecule has 0 saturated carbocycles. The molecule has 2 rings (SSSR count). The summed E-state index contributed by atoms with van der Waals surface area (Å²) in [7, 11) is 1.64. The highest BCUT2D eigenvalue weighted by Gasteiger charge is 2.07. The number of benzene rings is 1. The molecule has 0 saturated heterocycles. The number of nitrogens with one attached hydrogen (secondary N) is 2. The van der Waals surface area contributed by atoms with E-state index in [1.54, 1.807) is 31.4 Å². The van der Waals surface area contributed by atoms with Crippen LogP contribution in [0.4, 0.5) is 10.2 Å². The fourth-order valence-corrected chi connectivity index (χ4v) is 1.51. The molecule has 1 heterocycles. The van der Waals surface area contributed by atoms with Crippen LogP contribution in [0, 0.1) is 5.82 Å². The van der Waals surface area contributed by atoms with E-state index in [1.165, 1.54) is 6.07 Å². The van der Waals surface area contributed by atoms with Gasteiger partial charge in [0.25, 0.3) is 0 Å². The van der Waals surface area contributed by atoms with Crippen molar-refractivity contribution >= 4 is 5.82 Å². The summed E-state index contributed by atoms with van der Waals surface area (Å²) in [6, 6.07) is 8.36. The second kappa shape index (κ2) is 5.45. The predicted octanol–water partition coefficient (Wildman–Crippen LogP) is 2.27. The van der Waals surface area contributed by atoms with Gasteiger partial charge in [-0.2, -0.15) is 5.10 Å². The number of hydrogen-bond donors (Lipinski definition) is 2. The van der Waals surface area contributed by atoms with Crippen LogP contribution in [0.15, 0.2) is 30.3 Å². The highest BCUT2D eigenvalue weighted by molar-refractivity contribution is 5.63. The highest BCUT2D eigenvalue weighted by Crippen LogP contribution is 2.22. The van der Waals surface area contributed by atoms with E-state index < -0.39 is 0 Å². The van der Waals surface area contributed by atoms with Crippen molar-refractivity contribution in [1.82, 2.24) is 10.2 Å². The summed E-state index contributed by atoms with van der Waals surface area (Å²) in [5.74, 6) is 0.417. The number of anilines is 1. The van der Waals surface area contributed by atoms with Gasteiger partial charge in [0, 0.05) is 25.3 Å². The number of halogens is 1. The number of nitrogens with zero attached hydrogens (tertiary/aromatic N) is 1. The zero-order valence-corrected chi connectivity index (χ0v) is 9.53. The van der Waals surface area contributed by atoms with Gasteiger partial charge in [0.2, 0.25) is 0 Å². The smallest absolute Gasteiger partial charge is 0.148 e. The normalized spacial score (nSPS) is 10.5. The van der Waals surface area contributed by atoms with E-state index in [4.69, 9.17) is 4.74 Å². The molecule has 4 nitrogen and oxygen atoms in total. The summed E-state index contributed by atoms with van der Waals surface area (Å²) >= 11 is 0. The lowest BCUT2D eigenvalue weighted by Gasteiger charge is -2.00. The fourth-order valence-electron chi connectivity index (χ4n) is 1.51. The molecule has 17 heavy (non-hydrogen) atoms. The van der Waals surface area contributed by atoms with Gasteiger partial charge in [0.1, 0.15) is 11.6 Å². The Kier molecular flexibility index (Phi) is 3.72. The monoisotopic (exact) mass is 235 g/mol. The number of ether oxygens (including phenoxy) is 1. The third kappa shape index (κ3) is 2.82. The Morgan fingerprint density at radius 2 is 2.24 bits per heavy atom. The van der Waals surface area contributed by atoms with Gasteiger partial charge in [-0.05, 0) is 12.1 Å². The molecular weight excluding hydrogens is 221 g/mol. The van der Waals surface area contributed by atoms with E-state index in [0.29, 0.717) is 30.2 Å². The van der Waals surface area contributed by atoms with E-state index in [-0.39, 0.29) is 5.82 Å². The van der Waals surface area contributed by atoms with Gasteiger partial charge >= 0.3 is 0 Å². The van der Waals surface area contributed by atoms with Gasteiger partial charge < -0.3 is 10.1 Å². The van der Waals surface area contributed by atoms with Crippen molar-refractivity contribution in [3.63, 3.8) is 0 Å². The Morgan fingerprint density at radius 1 is 1.41 bits per heavy atom. The number of aromatic amines is 1. The molecule has 0 atom stereocenters. The van der Waals surface area contributed by atoms with E-state index in [9.17, 15) is 4.39 Å². The molecule has 5 heteroatoms. The molecule has 0 aliphatic rings. The molecule has 1 aromatic heterocycles. The maximum Gasteiger partial charge on any atom is 0.148 e. The van der Waals surface area contributed by atoms with Crippen LogP contribution in [-0.2, 0) is 4.74 Å². The third-order valence-corrected chi connectivity index (χ3v) is 2.35. The van der Waals surface area contributed by atoms with Gasteiger partial charge in [0.05, 0.1) is 12.3 Å². The Morgan fingerprint density at radius 3 is 3.00 bits per heavy atom. The number of rotatable bonds is 5. The molecule has 0 fully saturated rings. The van der Waals surface area contributed by atoms with Crippen molar-refractivity contribution in [2.75, 3.05) is 25.6 Å². The molecule has 90 valence electrons. The highest BCUT2D eigenvalue weighted by atomic mass is 19.1. The van der Waals surface area contributed by atoms with Crippen molar-refractivity contribution in [1.29, 1.82) is 0 Å². The van der Waals surface area contributed by atoms with Crippen molar-refractivity contribution in [2.45, 2.75) is 0 Å². The maximum absolute atomic E-state index is 13.5. The third-order valence-electron chi connectivity index (χ3n) is 2.35. The van der Waals surface area contributed by atoms with Crippen molar-refractivity contribution < 1.29 is 9.13 Å². The second-order valence-electron chi connectivity index (χ2n) is 3.57. The minimum absolute atomic E-state index is 0.264. The van der Waals surface area contributed by atoms with Gasteiger partial charge in [-0.15, -0.1) is 0 Å². The number of methoxy groups -OCH3 is 1. The predicted molar refractivity (Wildman–Crippen MR) is 64.3 cm³/mol. The van der Waals surface area contributed by atoms with Gasteiger partial charge in [0.15, 0.2) is 0 Å². The SMILES string of the molecule is COCCNc1cc(-c2ccccc2F)[nH]n1. The summed E-state index contributed by atoms with van der Waals surface area (Å²) in [5.41, 5.74) is 1.17. The van der Waals surface area contributed by atoms with Crippen molar-refractivity contribution in [3.05, 3.63) is 36.1 Å². The second-order valence-corrected chi connectivity index (χ2v) is 3.57. The summed E-state index contributed by atoms with van der Waals surface area (Å²) in [4.78, 5) is 0. The van der Waals surface area contributed by atoms with Crippen LogP contribution in [0.1, 0.15) is 0 Å². The number of aromatic nitrogens is 2. The first-order valence-electron chi connectivity index (χ1n) is 5.34. The lowest BCUT2D eigenvalue weighted by molar-refractivity contribution is 0.210. The first kappa shape index (κ1) is 11.6. The molecule has 2 N–H and O–H groups in total. The van der Waals surface area contributed by atoms with E-state index >= 15 is 0 Å². The quantitative estimate of drug-likeness (QED) is 0.782. The summed E-state index contributed by atoms with van der Waals surface area (Å²) in [6.07, 6.45) is 0. The largest absolute Gasteiger partial charge is 0.383 e. The Labute approximate surface area is 98.8 Å². The average molecular weight is 235 g/mol. The molecule has 0 aliphatic carbocycles. The van der Waals surface area contributed by atoms with Crippen LogP contribution < -0.4 is 5.32 Å². The van der Waals surface area contributed by atoms with Crippen molar-refractivity contribution in [2.24, 2.45) is 0 Å². The van der Waals surface area contributed by atoms with Crippen LogP contribution in [0.2, 0.25) is 0 Å². The van der Waals surface area contributed by atoms with Crippen LogP contribution in [-0.4, -0.2) is 30.5 Å². The molecular formula is C12H14FN3O. The Bertz CT molecular complexity index is 484. The first-order valence-corrected chi connectivity index (χ1v) is 5.34. The Balaban J connectivity index is 2.10. The van der Waals surface area contributed by atoms with E-state index in [2.05, 4.69) is 15.5 Å². The molecule has 2 aromatic rings. The topological polar surface area (TPSA) is 49.9 Å². The molecule has 0 aliphatic heterocycles. The molecule has 0 amide bonds. The van der Waals surface area contributed by atoms with Gasteiger partial charge in [-0.25, -0.2) is 4.39 Å². The van der Waals surface area contributed by atoms with Crippen LogP contribution >= 0.6 is 0 Å². The Hall–Kier alpha value is -1.88. The van der Waals surface area contributed by atoms with E-state index in [1.807, 2.05) is 0 Å². The summed E-state index contributed by atoms with van der Waals surface area (Å²) < 4.78 is 18.4. The maximum atomic E-state index is 13.5. The summed E-state index contributed by atoms with van der Waals surface area (Å²) in [6.45, 7) is 1.26. The van der Waals surface area contributed by atoms with Crippen LogP contribution in [0.3, 0.4) is 0 Å². The minimum Gasteiger partial charge on any atom is -0.383 e. The lowest BCUT2D eigenvalue weighted by atomic mass is 10.1. The standard InChI is InChI=1S/C12H14FN3O/c1-17-7-6-14-12-8-11(15-16-12)9-4-2-3-5-10(9)13/h2-5,8H,6-7H2,1H3,(H2,14,15,16). The van der Waals surface area contributed by atoms with Crippen LogP contribution in [0.5, 0.6) is 0 Å². The number of H-pyrrole nitrogens is 1. The van der Waals surface area contributed by atoms with E-state index in [0.717, 1.165) is 0 Å².